The minimum atomic E-state index is -0.168. The highest BCUT2D eigenvalue weighted by atomic mass is 79.9. The Hall–Kier alpha value is -1.81. The van der Waals surface area contributed by atoms with Gasteiger partial charge in [-0.3, -0.25) is 4.79 Å². The molecule has 0 spiro atoms. The van der Waals surface area contributed by atoms with Crippen LogP contribution < -0.4 is 5.32 Å². The molecule has 0 aromatic heterocycles. The van der Waals surface area contributed by atoms with Crippen LogP contribution in [0.2, 0.25) is 0 Å². The van der Waals surface area contributed by atoms with E-state index >= 15 is 0 Å². The largest absolute Gasteiger partial charge is 0.508 e. The number of hydrogen-bond acceptors (Lipinski definition) is 2. The molecule has 0 aliphatic heterocycles. The smallest absolute Gasteiger partial charge is 0.255 e. The van der Waals surface area contributed by atoms with E-state index in [1.54, 1.807) is 31.2 Å². The first-order valence-corrected chi connectivity index (χ1v) is 7.05. The summed E-state index contributed by atoms with van der Waals surface area (Å²) in [4.78, 5) is 12.2. The van der Waals surface area contributed by atoms with Crippen molar-refractivity contribution in [1.82, 2.24) is 0 Å². The van der Waals surface area contributed by atoms with Gasteiger partial charge in [-0.25, -0.2) is 0 Å². The van der Waals surface area contributed by atoms with E-state index in [9.17, 15) is 9.90 Å². The molecule has 0 saturated carbocycles. The van der Waals surface area contributed by atoms with E-state index in [0.717, 1.165) is 21.2 Å². The molecule has 3 nitrogen and oxygen atoms in total. The molecule has 2 N–H and O–H groups in total. The third-order valence-corrected chi connectivity index (χ3v) is 4.08. The monoisotopic (exact) mass is 333 g/mol. The van der Waals surface area contributed by atoms with Crippen LogP contribution in [0.5, 0.6) is 5.75 Å². The van der Waals surface area contributed by atoms with Crippen molar-refractivity contribution in [3.8, 4) is 5.75 Å². The SMILES string of the molecule is Cc1cc(NC(=O)c2ccc(C)c(Br)c2)c(C)cc1O. The Balaban J connectivity index is 2.27. The number of carbonyl (C=O) groups excluding carboxylic acids is 1. The molecular weight excluding hydrogens is 318 g/mol. The van der Waals surface area contributed by atoms with E-state index in [-0.39, 0.29) is 11.7 Å². The highest BCUT2D eigenvalue weighted by Gasteiger charge is 2.10. The van der Waals surface area contributed by atoms with Gasteiger partial charge in [-0.05, 0) is 61.7 Å². The number of nitrogens with one attached hydrogen (secondary N) is 1. The number of amides is 1. The summed E-state index contributed by atoms with van der Waals surface area (Å²) in [6.45, 7) is 5.62. The minimum absolute atomic E-state index is 0.168. The summed E-state index contributed by atoms with van der Waals surface area (Å²) in [7, 11) is 0. The molecule has 0 bridgehead atoms. The second-order valence-corrected chi connectivity index (χ2v) is 5.73. The van der Waals surface area contributed by atoms with Gasteiger partial charge in [0.25, 0.3) is 5.91 Å². The highest BCUT2D eigenvalue weighted by molar-refractivity contribution is 9.10. The summed E-state index contributed by atoms with van der Waals surface area (Å²) in [6, 6.07) is 8.90. The Morgan fingerprint density at radius 3 is 2.40 bits per heavy atom. The number of phenolic OH excluding ortho intramolecular Hbond substituents is 1. The molecule has 0 unspecified atom stereocenters. The number of hydrogen-bond donors (Lipinski definition) is 2. The second-order valence-electron chi connectivity index (χ2n) is 4.87. The van der Waals surface area contributed by atoms with Crippen LogP contribution in [-0.2, 0) is 0 Å². The molecule has 104 valence electrons. The third-order valence-electron chi connectivity index (χ3n) is 3.23. The van der Waals surface area contributed by atoms with Crippen molar-refractivity contribution in [3.05, 3.63) is 57.1 Å². The van der Waals surface area contributed by atoms with E-state index in [4.69, 9.17) is 0 Å². The van der Waals surface area contributed by atoms with Gasteiger partial charge in [-0.2, -0.15) is 0 Å². The Bertz CT molecular complexity index is 680. The van der Waals surface area contributed by atoms with Gasteiger partial charge in [0.2, 0.25) is 0 Å². The molecule has 0 aliphatic rings. The van der Waals surface area contributed by atoms with Crippen LogP contribution in [0.1, 0.15) is 27.0 Å². The second kappa shape index (κ2) is 5.67. The van der Waals surface area contributed by atoms with Crippen molar-refractivity contribution in [2.75, 3.05) is 5.32 Å². The van der Waals surface area contributed by atoms with Crippen LogP contribution in [0.15, 0.2) is 34.8 Å². The topological polar surface area (TPSA) is 49.3 Å². The van der Waals surface area contributed by atoms with E-state index in [1.807, 2.05) is 19.9 Å². The number of aromatic hydroxyl groups is 1. The first-order chi connectivity index (χ1) is 9.38. The Morgan fingerprint density at radius 2 is 1.75 bits per heavy atom. The maximum absolute atomic E-state index is 12.2. The molecule has 0 saturated heterocycles. The predicted molar refractivity (Wildman–Crippen MR) is 84.4 cm³/mol. The summed E-state index contributed by atoms with van der Waals surface area (Å²) in [5, 5.41) is 12.5. The summed E-state index contributed by atoms with van der Waals surface area (Å²) >= 11 is 3.42. The molecule has 1 amide bonds. The lowest BCUT2D eigenvalue weighted by molar-refractivity contribution is 0.102. The molecule has 0 aliphatic carbocycles. The van der Waals surface area contributed by atoms with E-state index in [1.165, 1.54) is 0 Å². The number of benzene rings is 2. The normalized spacial score (nSPS) is 10.4. The standard InChI is InChI=1S/C16H16BrNO2/c1-9-4-5-12(8-13(9)17)16(20)18-14-6-11(3)15(19)7-10(14)2/h4-8,19H,1-3H3,(H,18,20). The Labute approximate surface area is 126 Å². The number of rotatable bonds is 2. The minimum Gasteiger partial charge on any atom is -0.508 e. The number of aryl methyl sites for hydroxylation is 3. The van der Waals surface area contributed by atoms with Gasteiger partial charge in [0.15, 0.2) is 0 Å². The molecule has 2 rings (SSSR count). The van der Waals surface area contributed by atoms with Crippen LogP contribution in [-0.4, -0.2) is 11.0 Å². The molecule has 0 atom stereocenters. The molecule has 4 heteroatoms. The van der Waals surface area contributed by atoms with Gasteiger partial charge in [0.05, 0.1) is 0 Å². The fraction of sp³-hybridized carbons (Fsp3) is 0.188. The van der Waals surface area contributed by atoms with Crippen molar-refractivity contribution < 1.29 is 9.90 Å². The van der Waals surface area contributed by atoms with Gasteiger partial charge in [0, 0.05) is 15.7 Å². The van der Waals surface area contributed by atoms with Crippen LogP contribution in [0.4, 0.5) is 5.69 Å². The average molecular weight is 334 g/mol. The highest BCUT2D eigenvalue weighted by Crippen LogP contribution is 2.26. The molecule has 20 heavy (non-hydrogen) atoms. The number of anilines is 1. The lowest BCUT2D eigenvalue weighted by atomic mass is 10.1. The van der Waals surface area contributed by atoms with Crippen LogP contribution in [0.3, 0.4) is 0 Å². The zero-order valence-electron chi connectivity index (χ0n) is 11.6. The molecule has 0 radical (unpaired) electrons. The van der Waals surface area contributed by atoms with E-state index in [2.05, 4.69) is 21.2 Å². The molecule has 2 aromatic carbocycles. The molecular formula is C16H16BrNO2. The van der Waals surface area contributed by atoms with Crippen molar-refractivity contribution in [2.45, 2.75) is 20.8 Å². The van der Waals surface area contributed by atoms with Gasteiger partial charge in [-0.1, -0.05) is 22.0 Å². The Morgan fingerprint density at radius 1 is 1.05 bits per heavy atom. The molecule has 2 aromatic rings. The van der Waals surface area contributed by atoms with Crippen molar-refractivity contribution >= 4 is 27.5 Å². The summed E-state index contributed by atoms with van der Waals surface area (Å²) in [5.74, 6) is 0.0671. The van der Waals surface area contributed by atoms with E-state index < -0.39 is 0 Å². The lowest BCUT2D eigenvalue weighted by Gasteiger charge is -2.11. The van der Waals surface area contributed by atoms with Crippen molar-refractivity contribution in [1.29, 1.82) is 0 Å². The maximum atomic E-state index is 12.2. The van der Waals surface area contributed by atoms with Gasteiger partial charge in [-0.15, -0.1) is 0 Å². The van der Waals surface area contributed by atoms with Gasteiger partial charge >= 0.3 is 0 Å². The van der Waals surface area contributed by atoms with E-state index in [0.29, 0.717) is 11.3 Å². The Kier molecular flexibility index (Phi) is 4.14. The zero-order valence-corrected chi connectivity index (χ0v) is 13.2. The third kappa shape index (κ3) is 3.02. The lowest BCUT2D eigenvalue weighted by Crippen LogP contribution is -2.13. The summed E-state index contributed by atoms with van der Waals surface area (Å²) < 4.78 is 0.906. The first kappa shape index (κ1) is 14.6. The quantitative estimate of drug-likeness (QED) is 0.803. The van der Waals surface area contributed by atoms with Crippen molar-refractivity contribution in [3.63, 3.8) is 0 Å². The fourth-order valence-electron chi connectivity index (χ4n) is 1.86. The van der Waals surface area contributed by atoms with Crippen LogP contribution in [0, 0.1) is 20.8 Å². The predicted octanol–water partition coefficient (Wildman–Crippen LogP) is 4.33. The van der Waals surface area contributed by atoms with Crippen LogP contribution in [0.25, 0.3) is 0 Å². The molecule has 0 heterocycles. The molecule has 0 fully saturated rings. The van der Waals surface area contributed by atoms with Crippen LogP contribution >= 0.6 is 15.9 Å². The summed E-state index contributed by atoms with van der Waals surface area (Å²) in [6.07, 6.45) is 0. The number of halogens is 1. The average Bonchev–Trinajstić information content (AvgIpc) is 2.39. The first-order valence-electron chi connectivity index (χ1n) is 6.26. The number of carbonyl (C=O) groups is 1. The zero-order chi connectivity index (χ0) is 14.9. The number of phenols is 1. The van der Waals surface area contributed by atoms with Crippen molar-refractivity contribution in [2.24, 2.45) is 0 Å². The fourth-order valence-corrected chi connectivity index (χ4v) is 2.24. The maximum Gasteiger partial charge on any atom is 0.255 e. The van der Waals surface area contributed by atoms with Gasteiger partial charge < -0.3 is 10.4 Å². The van der Waals surface area contributed by atoms with Gasteiger partial charge in [0.1, 0.15) is 5.75 Å². The summed E-state index contributed by atoms with van der Waals surface area (Å²) in [5.41, 5.74) is 3.94.